The number of nitrogens with zero attached hydrogens (tertiary/aromatic N) is 4. The van der Waals surface area contributed by atoms with Crippen LogP contribution in [0.4, 0.5) is 0 Å². The second kappa shape index (κ2) is 5.05. The van der Waals surface area contributed by atoms with Gasteiger partial charge in [0, 0.05) is 12.4 Å². The third kappa shape index (κ3) is 2.40. The van der Waals surface area contributed by atoms with Crippen LogP contribution in [0.15, 0.2) is 36.7 Å². The number of hydrogen-bond donors (Lipinski definition) is 1. The van der Waals surface area contributed by atoms with Crippen molar-refractivity contribution in [3.05, 3.63) is 48.0 Å². The van der Waals surface area contributed by atoms with Gasteiger partial charge in [-0.1, -0.05) is 0 Å². The number of aromatic nitrogens is 4. The lowest BCUT2D eigenvalue weighted by Gasteiger charge is -2.16. The molecule has 0 fully saturated rings. The molecule has 2 aromatic heterocycles. The van der Waals surface area contributed by atoms with Crippen molar-refractivity contribution in [1.82, 2.24) is 19.3 Å². The first kappa shape index (κ1) is 13.4. The number of carbonyl (C=O) groups is 1. The molecule has 6 heteroatoms. The van der Waals surface area contributed by atoms with Gasteiger partial charge in [-0.3, -0.25) is 4.68 Å². The fraction of sp³-hybridized carbons (Fsp3) is 0.267. The maximum absolute atomic E-state index is 11.1. The van der Waals surface area contributed by atoms with Gasteiger partial charge in [0.1, 0.15) is 5.82 Å². The number of hydrogen-bond acceptors (Lipinski definition) is 3. The Morgan fingerprint density at radius 2 is 2.24 bits per heavy atom. The average Bonchev–Trinajstić information content (AvgIpc) is 3.03. The Morgan fingerprint density at radius 3 is 2.90 bits per heavy atom. The number of aromatic carboxylic acids is 1. The highest BCUT2D eigenvalue weighted by molar-refractivity contribution is 5.92. The molecule has 1 N–H and O–H groups in total. The molecule has 21 heavy (non-hydrogen) atoms. The van der Waals surface area contributed by atoms with Crippen LogP contribution in [0, 0.1) is 6.92 Å². The predicted molar refractivity (Wildman–Crippen MR) is 78.4 cm³/mol. The molecule has 108 valence electrons. The van der Waals surface area contributed by atoms with Crippen molar-refractivity contribution in [1.29, 1.82) is 0 Å². The molecule has 0 amide bonds. The Balaban J connectivity index is 2.05. The van der Waals surface area contributed by atoms with E-state index in [2.05, 4.69) is 21.6 Å². The minimum Gasteiger partial charge on any atom is -0.478 e. The Bertz CT molecular complexity index is 789. The number of carboxylic acid groups (broad SMARTS) is 1. The van der Waals surface area contributed by atoms with Crippen molar-refractivity contribution >= 4 is 17.0 Å². The molecule has 3 aromatic rings. The number of aryl methyl sites for hydroxylation is 1. The highest BCUT2D eigenvalue weighted by atomic mass is 16.4. The van der Waals surface area contributed by atoms with Gasteiger partial charge in [0.2, 0.25) is 0 Å². The van der Waals surface area contributed by atoms with E-state index in [4.69, 9.17) is 5.11 Å². The molecule has 0 aliphatic carbocycles. The summed E-state index contributed by atoms with van der Waals surface area (Å²) in [5, 5.41) is 13.4. The number of fused-ring (bicyclic) bond motifs is 1. The van der Waals surface area contributed by atoms with E-state index in [1.54, 1.807) is 24.4 Å². The van der Waals surface area contributed by atoms with Crippen LogP contribution < -0.4 is 0 Å². The summed E-state index contributed by atoms with van der Waals surface area (Å²) in [7, 11) is 0. The summed E-state index contributed by atoms with van der Waals surface area (Å²) >= 11 is 0. The molecule has 0 aliphatic rings. The predicted octanol–water partition coefficient (Wildman–Crippen LogP) is 2.50. The average molecular weight is 284 g/mol. The van der Waals surface area contributed by atoms with Crippen molar-refractivity contribution in [3.63, 3.8) is 0 Å². The summed E-state index contributed by atoms with van der Waals surface area (Å²) in [5.74, 6) is -0.0609. The molecule has 1 atom stereocenters. The number of imidazole rings is 1. The smallest absolute Gasteiger partial charge is 0.335 e. The van der Waals surface area contributed by atoms with Crippen molar-refractivity contribution in [2.24, 2.45) is 0 Å². The van der Waals surface area contributed by atoms with E-state index in [1.165, 1.54) is 0 Å². The van der Waals surface area contributed by atoms with Gasteiger partial charge in [-0.2, -0.15) is 5.10 Å². The molecule has 3 rings (SSSR count). The minimum absolute atomic E-state index is 0.124. The third-order valence-corrected chi connectivity index (χ3v) is 3.56. The molecule has 0 saturated heterocycles. The highest BCUT2D eigenvalue weighted by Crippen LogP contribution is 2.23. The fourth-order valence-electron chi connectivity index (χ4n) is 2.66. The first-order valence-electron chi connectivity index (χ1n) is 6.75. The van der Waals surface area contributed by atoms with Crippen LogP contribution >= 0.6 is 0 Å². The van der Waals surface area contributed by atoms with Crippen LogP contribution in [-0.4, -0.2) is 30.4 Å². The van der Waals surface area contributed by atoms with E-state index < -0.39 is 5.97 Å². The van der Waals surface area contributed by atoms with Gasteiger partial charge in [-0.25, -0.2) is 9.78 Å². The zero-order valence-corrected chi connectivity index (χ0v) is 11.9. The lowest BCUT2D eigenvalue weighted by Crippen LogP contribution is -2.14. The van der Waals surface area contributed by atoms with Crippen LogP contribution in [0.5, 0.6) is 0 Å². The number of benzene rings is 1. The zero-order valence-electron chi connectivity index (χ0n) is 11.9. The molecule has 6 nitrogen and oxygen atoms in total. The number of carboxylic acids is 1. The van der Waals surface area contributed by atoms with Crippen molar-refractivity contribution in [2.75, 3.05) is 0 Å². The largest absolute Gasteiger partial charge is 0.478 e. The lowest BCUT2D eigenvalue weighted by molar-refractivity contribution is 0.0697. The molecule has 0 spiro atoms. The SMILES string of the molecule is Cc1nc2ccc(C(=O)O)cc2n1C(C)Cn1cccn1. The molecule has 0 aliphatic heterocycles. The molecular weight excluding hydrogens is 268 g/mol. The van der Waals surface area contributed by atoms with Crippen molar-refractivity contribution in [2.45, 2.75) is 26.4 Å². The van der Waals surface area contributed by atoms with Gasteiger partial charge in [-0.05, 0) is 38.1 Å². The van der Waals surface area contributed by atoms with Crippen LogP contribution in [0.1, 0.15) is 29.1 Å². The molecule has 2 heterocycles. The Labute approximate surface area is 121 Å². The second-order valence-corrected chi connectivity index (χ2v) is 5.11. The normalized spacial score (nSPS) is 12.7. The Morgan fingerprint density at radius 1 is 1.43 bits per heavy atom. The monoisotopic (exact) mass is 284 g/mol. The van der Waals surface area contributed by atoms with E-state index in [0.29, 0.717) is 6.54 Å². The summed E-state index contributed by atoms with van der Waals surface area (Å²) in [6.07, 6.45) is 3.65. The maximum Gasteiger partial charge on any atom is 0.335 e. The molecule has 0 bridgehead atoms. The zero-order chi connectivity index (χ0) is 15.0. The van der Waals surface area contributed by atoms with Crippen molar-refractivity contribution in [3.8, 4) is 0 Å². The summed E-state index contributed by atoms with van der Waals surface area (Å²) in [4.78, 5) is 15.6. The van der Waals surface area contributed by atoms with Gasteiger partial charge in [-0.15, -0.1) is 0 Å². The fourth-order valence-corrected chi connectivity index (χ4v) is 2.66. The van der Waals surface area contributed by atoms with Crippen molar-refractivity contribution < 1.29 is 9.90 Å². The minimum atomic E-state index is -0.929. The summed E-state index contributed by atoms with van der Waals surface area (Å²) in [6, 6.07) is 7.02. The van der Waals surface area contributed by atoms with Gasteiger partial charge in [0.15, 0.2) is 0 Å². The Hall–Kier alpha value is -2.63. The lowest BCUT2D eigenvalue weighted by atomic mass is 10.2. The van der Waals surface area contributed by atoms with E-state index in [-0.39, 0.29) is 11.6 Å². The van der Waals surface area contributed by atoms with E-state index in [1.807, 2.05) is 23.9 Å². The highest BCUT2D eigenvalue weighted by Gasteiger charge is 2.15. The second-order valence-electron chi connectivity index (χ2n) is 5.11. The van der Waals surface area contributed by atoms with Gasteiger partial charge in [0.05, 0.1) is 29.2 Å². The van der Waals surface area contributed by atoms with E-state index >= 15 is 0 Å². The standard InChI is InChI=1S/C15H16N4O2/c1-10(9-18-7-3-6-16-18)19-11(2)17-13-5-4-12(15(20)21)8-14(13)19/h3-8,10H,9H2,1-2H3,(H,20,21). The van der Waals surface area contributed by atoms with Gasteiger partial charge in [0.25, 0.3) is 0 Å². The van der Waals surface area contributed by atoms with Crippen LogP contribution in [0.2, 0.25) is 0 Å². The first-order valence-corrected chi connectivity index (χ1v) is 6.75. The summed E-state index contributed by atoms with van der Waals surface area (Å²) in [5.41, 5.74) is 1.92. The first-order chi connectivity index (χ1) is 10.1. The maximum atomic E-state index is 11.1. The molecule has 1 unspecified atom stereocenters. The van der Waals surface area contributed by atoms with Crippen LogP contribution in [-0.2, 0) is 6.54 Å². The molecule has 0 radical (unpaired) electrons. The molecule has 1 aromatic carbocycles. The molecular formula is C15H16N4O2. The van der Waals surface area contributed by atoms with Gasteiger partial charge < -0.3 is 9.67 Å². The molecule has 0 saturated carbocycles. The number of rotatable bonds is 4. The topological polar surface area (TPSA) is 72.9 Å². The van der Waals surface area contributed by atoms with Gasteiger partial charge >= 0.3 is 5.97 Å². The van der Waals surface area contributed by atoms with E-state index in [9.17, 15) is 4.79 Å². The quantitative estimate of drug-likeness (QED) is 0.799. The summed E-state index contributed by atoms with van der Waals surface area (Å²) in [6.45, 7) is 4.71. The van der Waals surface area contributed by atoms with Crippen LogP contribution in [0.3, 0.4) is 0 Å². The Kier molecular flexibility index (Phi) is 3.21. The van der Waals surface area contributed by atoms with E-state index in [0.717, 1.165) is 16.9 Å². The third-order valence-electron chi connectivity index (χ3n) is 3.56. The van der Waals surface area contributed by atoms with Crippen LogP contribution in [0.25, 0.3) is 11.0 Å². The summed E-state index contributed by atoms with van der Waals surface area (Å²) < 4.78 is 3.92.